The van der Waals surface area contributed by atoms with E-state index in [-0.39, 0.29) is 18.3 Å². The number of likely N-dealkylation sites (N-methyl/N-ethyl adjacent to an activating group) is 1. The van der Waals surface area contributed by atoms with Crippen molar-refractivity contribution >= 4 is 18.3 Å². The standard InChI is InChI=1S/C16H24N2O.ClH/c1-2-17-9-10-18-16(19)12-13-7-8-14-5-3-4-6-15(14)11-13;/h7-8,11,17H,2-6,9-10,12H2,1H3,(H,18,19);1H. The minimum atomic E-state index is 0. The zero-order chi connectivity index (χ0) is 13.5. The molecule has 1 aliphatic carbocycles. The van der Waals surface area contributed by atoms with Gasteiger partial charge in [0, 0.05) is 13.1 Å². The number of halogens is 1. The van der Waals surface area contributed by atoms with Gasteiger partial charge in [0.25, 0.3) is 0 Å². The van der Waals surface area contributed by atoms with E-state index in [9.17, 15) is 4.79 Å². The first-order valence-electron chi connectivity index (χ1n) is 7.37. The molecule has 0 aromatic heterocycles. The molecular formula is C16H25ClN2O. The van der Waals surface area contributed by atoms with E-state index in [0.717, 1.165) is 18.7 Å². The number of aryl methyl sites for hydroxylation is 2. The molecule has 1 aromatic carbocycles. The zero-order valence-electron chi connectivity index (χ0n) is 12.2. The predicted octanol–water partition coefficient (Wildman–Crippen LogP) is 2.26. The molecule has 112 valence electrons. The van der Waals surface area contributed by atoms with Crippen molar-refractivity contribution in [1.82, 2.24) is 10.6 Å². The average Bonchev–Trinajstić information content (AvgIpc) is 2.43. The molecular weight excluding hydrogens is 272 g/mol. The van der Waals surface area contributed by atoms with Gasteiger partial charge in [0.2, 0.25) is 5.91 Å². The molecule has 0 fully saturated rings. The Balaban J connectivity index is 0.00000200. The molecule has 0 unspecified atom stereocenters. The van der Waals surface area contributed by atoms with Crippen LogP contribution in [-0.2, 0) is 24.1 Å². The van der Waals surface area contributed by atoms with Crippen molar-refractivity contribution in [3.8, 4) is 0 Å². The Morgan fingerprint density at radius 1 is 1.15 bits per heavy atom. The fraction of sp³-hybridized carbons (Fsp3) is 0.562. The van der Waals surface area contributed by atoms with Crippen molar-refractivity contribution < 1.29 is 4.79 Å². The second kappa shape index (κ2) is 8.98. The Labute approximate surface area is 127 Å². The Bertz CT molecular complexity index is 434. The van der Waals surface area contributed by atoms with Crippen LogP contribution in [-0.4, -0.2) is 25.5 Å². The number of nitrogens with one attached hydrogen (secondary N) is 2. The molecule has 1 aliphatic rings. The Hall–Kier alpha value is -1.06. The van der Waals surface area contributed by atoms with Gasteiger partial charge in [-0.1, -0.05) is 25.1 Å². The summed E-state index contributed by atoms with van der Waals surface area (Å²) in [6, 6.07) is 6.53. The van der Waals surface area contributed by atoms with Crippen LogP contribution in [0.25, 0.3) is 0 Å². The lowest BCUT2D eigenvalue weighted by atomic mass is 9.90. The molecule has 1 aromatic rings. The van der Waals surface area contributed by atoms with Gasteiger partial charge in [-0.25, -0.2) is 0 Å². The minimum Gasteiger partial charge on any atom is -0.355 e. The normalized spacial score (nSPS) is 13.2. The topological polar surface area (TPSA) is 41.1 Å². The summed E-state index contributed by atoms with van der Waals surface area (Å²) in [7, 11) is 0. The van der Waals surface area contributed by atoms with Crippen LogP contribution in [0.5, 0.6) is 0 Å². The largest absolute Gasteiger partial charge is 0.355 e. The number of benzene rings is 1. The summed E-state index contributed by atoms with van der Waals surface area (Å²) >= 11 is 0. The zero-order valence-corrected chi connectivity index (χ0v) is 13.0. The molecule has 0 saturated heterocycles. The summed E-state index contributed by atoms with van der Waals surface area (Å²) in [4.78, 5) is 11.8. The Morgan fingerprint density at radius 3 is 2.65 bits per heavy atom. The number of hydrogen-bond donors (Lipinski definition) is 2. The van der Waals surface area contributed by atoms with Gasteiger partial charge in [-0.05, 0) is 48.9 Å². The molecule has 0 saturated carbocycles. The third-order valence-corrected chi connectivity index (χ3v) is 3.65. The second-order valence-electron chi connectivity index (χ2n) is 5.19. The number of hydrogen-bond acceptors (Lipinski definition) is 2. The SMILES string of the molecule is CCNCCNC(=O)Cc1ccc2c(c1)CCCC2.Cl. The van der Waals surface area contributed by atoms with E-state index in [0.29, 0.717) is 13.0 Å². The van der Waals surface area contributed by atoms with Gasteiger partial charge in [-0.15, -0.1) is 12.4 Å². The molecule has 20 heavy (non-hydrogen) atoms. The maximum atomic E-state index is 11.8. The summed E-state index contributed by atoms with van der Waals surface area (Å²) in [6.07, 6.45) is 5.46. The van der Waals surface area contributed by atoms with Crippen molar-refractivity contribution in [2.24, 2.45) is 0 Å². The quantitative estimate of drug-likeness (QED) is 0.791. The van der Waals surface area contributed by atoms with Gasteiger partial charge in [0.1, 0.15) is 0 Å². The highest BCUT2D eigenvalue weighted by molar-refractivity contribution is 5.85. The second-order valence-corrected chi connectivity index (χ2v) is 5.19. The summed E-state index contributed by atoms with van der Waals surface area (Å²) in [5, 5.41) is 6.14. The first kappa shape index (κ1) is 17.0. The Morgan fingerprint density at radius 2 is 1.90 bits per heavy atom. The molecule has 3 nitrogen and oxygen atoms in total. The number of amides is 1. The number of carbonyl (C=O) groups excluding carboxylic acids is 1. The van der Waals surface area contributed by atoms with Crippen LogP contribution in [0.2, 0.25) is 0 Å². The average molecular weight is 297 g/mol. The van der Waals surface area contributed by atoms with Gasteiger partial charge in [-0.2, -0.15) is 0 Å². The van der Waals surface area contributed by atoms with Crippen molar-refractivity contribution in [2.45, 2.75) is 39.0 Å². The van der Waals surface area contributed by atoms with Crippen molar-refractivity contribution in [2.75, 3.05) is 19.6 Å². The fourth-order valence-corrected chi connectivity index (χ4v) is 2.61. The molecule has 0 spiro atoms. The van der Waals surface area contributed by atoms with Crippen LogP contribution >= 0.6 is 12.4 Å². The van der Waals surface area contributed by atoms with Crippen LogP contribution in [0.3, 0.4) is 0 Å². The van der Waals surface area contributed by atoms with E-state index in [1.807, 2.05) is 0 Å². The molecule has 0 radical (unpaired) electrons. The highest BCUT2D eigenvalue weighted by Gasteiger charge is 2.10. The van der Waals surface area contributed by atoms with Crippen molar-refractivity contribution in [3.63, 3.8) is 0 Å². The summed E-state index contributed by atoms with van der Waals surface area (Å²) < 4.78 is 0. The molecule has 4 heteroatoms. The van der Waals surface area contributed by atoms with E-state index in [2.05, 4.69) is 35.8 Å². The summed E-state index contributed by atoms with van der Waals surface area (Å²) in [5.41, 5.74) is 4.06. The van der Waals surface area contributed by atoms with E-state index in [4.69, 9.17) is 0 Å². The number of fused-ring (bicyclic) bond motifs is 1. The predicted molar refractivity (Wildman–Crippen MR) is 85.6 cm³/mol. The van der Waals surface area contributed by atoms with E-state index >= 15 is 0 Å². The van der Waals surface area contributed by atoms with Crippen molar-refractivity contribution in [3.05, 3.63) is 34.9 Å². The minimum absolute atomic E-state index is 0. The molecule has 2 N–H and O–H groups in total. The Kier molecular flexibility index (Phi) is 7.63. The molecule has 0 aliphatic heterocycles. The lowest BCUT2D eigenvalue weighted by Crippen LogP contribution is -2.32. The van der Waals surface area contributed by atoms with Crippen LogP contribution in [0.1, 0.15) is 36.5 Å². The van der Waals surface area contributed by atoms with Crippen LogP contribution in [0.15, 0.2) is 18.2 Å². The monoisotopic (exact) mass is 296 g/mol. The maximum absolute atomic E-state index is 11.8. The van der Waals surface area contributed by atoms with Gasteiger partial charge < -0.3 is 10.6 Å². The third kappa shape index (κ3) is 5.14. The lowest BCUT2D eigenvalue weighted by molar-refractivity contribution is -0.120. The smallest absolute Gasteiger partial charge is 0.224 e. The van der Waals surface area contributed by atoms with Gasteiger partial charge in [0.05, 0.1) is 6.42 Å². The van der Waals surface area contributed by atoms with Crippen LogP contribution < -0.4 is 10.6 Å². The highest BCUT2D eigenvalue weighted by atomic mass is 35.5. The van der Waals surface area contributed by atoms with Crippen molar-refractivity contribution in [1.29, 1.82) is 0 Å². The maximum Gasteiger partial charge on any atom is 0.224 e. The third-order valence-electron chi connectivity index (χ3n) is 3.65. The molecule has 2 rings (SSSR count). The van der Waals surface area contributed by atoms with Gasteiger partial charge in [-0.3, -0.25) is 4.79 Å². The van der Waals surface area contributed by atoms with E-state index < -0.39 is 0 Å². The fourth-order valence-electron chi connectivity index (χ4n) is 2.61. The van der Waals surface area contributed by atoms with Crippen LogP contribution in [0.4, 0.5) is 0 Å². The van der Waals surface area contributed by atoms with E-state index in [1.54, 1.807) is 0 Å². The van der Waals surface area contributed by atoms with Gasteiger partial charge in [0.15, 0.2) is 0 Å². The first-order chi connectivity index (χ1) is 9.29. The summed E-state index contributed by atoms with van der Waals surface area (Å²) in [5.74, 6) is 0.119. The molecule has 0 heterocycles. The van der Waals surface area contributed by atoms with Gasteiger partial charge >= 0.3 is 0 Å². The number of carbonyl (C=O) groups is 1. The lowest BCUT2D eigenvalue weighted by Gasteiger charge is -2.16. The summed E-state index contributed by atoms with van der Waals surface area (Å²) in [6.45, 7) is 4.56. The highest BCUT2D eigenvalue weighted by Crippen LogP contribution is 2.22. The number of rotatable bonds is 6. The molecule has 0 atom stereocenters. The molecule has 0 bridgehead atoms. The van der Waals surface area contributed by atoms with Crippen LogP contribution in [0, 0.1) is 0 Å². The molecule has 1 amide bonds. The van der Waals surface area contributed by atoms with E-state index in [1.165, 1.54) is 36.8 Å². The first-order valence-corrected chi connectivity index (χ1v) is 7.37.